The first-order valence-corrected chi connectivity index (χ1v) is 16.1. The number of unbranched alkanes of at least 4 members (excludes halogenated alkanes) is 3. The minimum atomic E-state index is -0.682. The molecule has 3 saturated heterocycles. The number of benzene rings is 1. The number of aliphatic hydroxyl groups is 1. The predicted molar refractivity (Wildman–Crippen MR) is 169 cm³/mol. The van der Waals surface area contributed by atoms with Gasteiger partial charge in [-0.2, -0.15) is 0 Å². The Morgan fingerprint density at radius 2 is 1.79 bits per heavy atom. The van der Waals surface area contributed by atoms with Gasteiger partial charge >= 0.3 is 0 Å². The van der Waals surface area contributed by atoms with Crippen LogP contribution in [0.5, 0.6) is 5.75 Å². The Balaban J connectivity index is 1.74. The molecule has 2 bridgehead atoms. The summed E-state index contributed by atoms with van der Waals surface area (Å²) >= 11 is 1.71. The Morgan fingerprint density at radius 1 is 1.10 bits per heavy atom. The summed E-state index contributed by atoms with van der Waals surface area (Å²) in [5.74, 6) is -0.551. The van der Waals surface area contributed by atoms with Crippen molar-refractivity contribution in [2.75, 3.05) is 44.8 Å². The molecule has 1 aromatic rings. The third kappa shape index (κ3) is 5.74. The smallest absolute Gasteiger partial charge is 0.251 e. The van der Waals surface area contributed by atoms with Gasteiger partial charge in [-0.25, -0.2) is 0 Å². The van der Waals surface area contributed by atoms with Crippen LogP contribution in [-0.2, 0) is 14.4 Å². The molecule has 4 rings (SSSR count). The van der Waals surface area contributed by atoms with Crippen LogP contribution in [0.2, 0.25) is 0 Å². The van der Waals surface area contributed by atoms with Crippen LogP contribution in [0.1, 0.15) is 58.8 Å². The van der Waals surface area contributed by atoms with Crippen molar-refractivity contribution in [3.05, 3.63) is 49.6 Å². The van der Waals surface area contributed by atoms with E-state index in [1.165, 1.54) is 0 Å². The Morgan fingerprint density at radius 3 is 2.40 bits per heavy atom. The molecule has 0 aromatic heterocycles. The van der Waals surface area contributed by atoms with Crippen LogP contribution >= 0.6 is 11.8 Å². The second-order valence-corrected chi connectivity index (χ2v) is 13.8. The van der Waals surface area contributed by atoms with Crippen molar-refractivity contribution >= 4 is 35.2 Å². The summed E-state index contributed by atoms with van der Waals surface area (Å²) in [6.07, 6.45) is 8.94. The molecule has 0 aliphatic carbocycles. The zero-order chi connectivity index (χ0) is 30.5. The van der Waals surface area contributed by atoms with E-state index in [9.17, 15) is 19.5 Å². The standard InChI is InChI=1S/C33H47N3O5S/c1-6-19-34(20-7-2)29(38)26-27-30(39)36(22-11-9-10-12-23-37)28(33(27)18-17-32(26,4)42-33)31(40)35(21-8-3)24-13-15-25(41-5)16-14-24/h6,8,13-16,26-28,37H,1,3,7,9-12,17-23H2,2,4-5H3/t26-,27+,28?,32+,33?/m1/s1. The van der Waals surface area contributed by atoms with Gasteiger partial charge in [-0.05, 0) is 63.3 Å². The summed E-state index contributed by atoms with van der Waals surface area (Å²) in [5, 5.41) is 9.22. The van der Waals surface area contributed by atoms with E-state index in [2.05, 4.69) is 20.1 Å². The topological polar surface area (TPSA) is 90.4 Å². The fraction of sp³-hybridized carbons (Fsp3) is 0.606. The molecule has 1 spiro atoms. The Bertz CT molecular complexity index is 1160. The third-order valence-electron chi connectivity index (χ3n) is 9.20. The zero-order valence-corrected chi connectivity index (χ0v) is 26.2. The lowest BCUT2D eigenvalue weighted by atomic mass is 9.66. The van der Waals surface area contributed by atoms with Crippen LogP contribution in [-0.4, -0.2) is 88.1 Å². The fourth-order valence-corrected chi connectivity index (χ4v) is 9.69. The second kappa shape index (κ2) is 13.7. The summed E-state index contributed by atoms with van der Waals surface area (Å²) in [5.41, 5.74) is 0.715. The molecule has 5 atom stereocenters. The van der Waals surface area contributed by atoms with Gasteiger partial charge < -0.3 is 24.5 Å². The van der Waals surface area contributed by atoms with Gasteiger partial charge in [0.25, 0.3) is 5.91 Å². The number of fused-ring (bicyclic) bond motifs is 1. The molecule has 0 radical (unpaired) electrons. The van der Waals surface area contributed by atoms with Gasteiger partial charge in [-0.1, -0.05) is 31.9 Å². The molecule has 2 unspecified atom stereocenters. The van der Waals surface area contributed by atoms with E-state index in [1.54, 1.807) is 40.8 Å². The lowest BCUT2D eigenvalue weighted by Crippen LogP contribution is -2.55. The molecular weight excluding hydrogens is 550 g/mol. The van der Waals surface area contributed by atoms with Crippen molar-refractivity contribution in [3.8, 4) is 5.75 Å². The van der Waals surface area contributed by atoms with E-state index in [-0.39, 0.29) is 24.3 Å². The first kappa shape index (κ1) is 32.1. The number of likely N-dealkylation sites (tertiary alicyclic amines) is 1. The van der Waals surface area contributed by atoms with Crippen molar-refractivity contribution in [2.24, 2.45) is 11.8 Å². The highest BCUT2D eigenvalue weighted by atomic mass is 32.2. The number of methoxy groups -OCH3 is 1. The van der Waals surface area contributed by atoms with Crippen LogP contribution < -0.4 is 9.64 Å². The fourth-order valence-electron chi connectivity index (χ4n) is 7.34. The number of hydrogen-bond donors (Lipinski definition) is 1. The van der Waals surface area contributed by atoms with Gasteiger partial charge in [0.2, 0.25) is 11.8 Å². The molecule has 42 heavy (non-hydrogen) atoms. The molecule has 3 aliphatic heterocycles. The average Bonchev–Trinajstić information content (AvgIpc) is 3.55. The molecule has 0 saturated carbocycles. The number of thioether (sulfide) groups is 1. The van der Waals surface area contributed by atoms with E-state index < -0.39 is 27.4 Å². The molecule has 230 valence electrons. The van der Waals surface area contributed by atoms with Crippen LogP contribution in [0, 0.1) is 11.8 Å². The quantitative estimate of drug-likeness (QED) is 0.220. The molecule has 3 fully saturated rings. The van der Waals surface area contributed by atoms with E-state index in [4.69, 9.17) is 4.74 Å². The minimum absolute atomic E-state index is 0.000715. The van der Waals surface area contributed by atoms with Crippen molar-refractivity contribution < 1.29 is 24.2 Å². The number of aliphatic hydroxyl groups excluding tert-OH is 1. The van der Waals surface area contributed by atoms with Crippen molar-refractivity contribution in [2.45, 2.75) is 74.3 Å². The largest absolute Gasteiger partial charge is 0.497 e. The predicted octanol–water partition coefficient (Wildman–Crippen LogP) is 4.67. The lowest BCUT2D eigenvalue weighted by Gasteiger charge is -2.38. The first-order valence-electron chi connectivity index (χ1n) is 15.3. The van der Waals surface area contributed by atoms with Crippen molar-refractivity contribution in [1.82, 2.24) is 9.80 Å². The second-order valence-electron chi connectivity index (χ2n) is 11.9. The van der Waals surface area contributed by atoms with Crippen LogP contribution in [0.3, 0.4) is 0 Å². The van der Waals surface area contributed by atoms with E-state index in [0.29, 0.717) is 44.0 Å². The minimum Gasteiger partial charge on any atom is -0.497 e. The molecule has 1 N–H and O–H groups in total. The molecular formula is C33H47N3O5S. The van der Waals surface area contributed by atoms with Gasteiger partial charge in [-0.3, -0.25) is 14.4 Å². The SMILES string of the molecule is C=CCN(CCC)C(=O)[C@H]1[C@H]2C(=O)N(CCCCCCO)C(C(=O)N(CC=C)c3ccc(OC)cc3)C23CC[C@]1(C)S3. The highest BCUT2D eigenvalue weighted by Gasteiger charge is 2.77. The maximum atomic E-state index is 14.7. The van der Waals surface area contributed by atoms with Gasteiger partial charge in [-0.15, -0.1) is 24.9 Å². The van der Waals surface area contributed by atoms with E-state index in [0.717, 1.165) is 38.5 Å². The Kier molecular flexibility index (Phi) is 10.5. The van der Waals surface area contributed by atoms with Gasteiger partial charge in [0, 0.05) is 43.2 Å². The van der Waals surface area contributed by atoms with Gasteiger partial charge in [0.15, 0.2) is 0 Å². The number of rotatable bonds is 16. The molecule has 3 heterocycles. The number of nitrogens with zero attached hydrogens (tertiary/aromatic N) is 3. The highest BCUT2D eigenvalue weighted by molar-refractivity contribution is 8.02. The molecule has 3 aliphatic rings. The Hall–Kier alpha value is -2.78. The summed E-state index contributed by atoms with van der Waals surface area (Å²) in [6, 6.07) is 6.68. The normalized spacial score (nSPS) is 27.6. The van der Waals surface area contributed by atoms with Crippen LogP contribution in [0.4, 0.5) is 5.69 Å². The first-order chi connectivity index (χ1) is 20.2. The molecule has 3 amide bonds. The number of hydrogen-bond acceptors (Lipinski definition) is 6. The molecule has 1 aromatic carbocycles. The van der Waals surface area contributed by atoms with Gasteiger partial charge in [0.1, 0.15) is 11.8 Å². The lowest BCUT2D eigenvalue weighted by molar-refractivity contribution is -0.145. The van der Waals surface area contributed by atoms with Crippen molar-refractivity contribution in [1.29, 1.82) is 0 Å². The van der Waals surface area contributed by atoms with E-state index >= 15 is 0 Å². The Labute approximate surface area is 255 Å². The van der Waals surface area contributed by atoms with Crippen LogP contribution in [0.15, 0.2) is 49.6 Å². The highest BCUT2D eigenvalue weighted by Crippen LogP contribution is 2.71. The molecule has 9 heteroatoms. The third-order valence-corrected chi connectivity index (χ3v) is 11.2. The van der Waals surface area contributed by atoms with Crippen molar-refractivity contribution in [3.63, 3.8) is 0 Å². The van der Waals surface area contributed by atoms with Gasteiger partial charge in [0.05, 0.1) is 23.7 Å². The number of anilines is 1. The summed E-state index contributed by atoms with van der Waals surface area (Å²) < 4.78 is 4.24. The summed E-state index contributed by atoms with van der Waals surface area (Å²) in [6.45, 7) is 13.9. The summed E-state index contributed by atoms with van der Waals surface area (Å²) in [4.78, 5) is 48.7. The van der Waals surface area contributed by atoms with E-state index in [1.807, 2.05) is 36.1 Å². The summed E-state index contributed by atoms with van der Waals surface area (Å²) in [7, 11) is 1.60. The molecule has 8 nitrogen and oxygen atoms in total. The zero-order valence-electron chi connectivity index (χ0n) is 25.4. The average molecular weight is 598 g/mol. The number of ether oxygens (including phenoxy) is 1. The maximum Gasteiger partial charge on any atom is 0.251 e. The monoisotopic (exact) mass is 597 g/mol. The van der Waals surface area contributed by atoms with Crippen LogP contribution in [0.25, 0.3) is 0 Å². The number of carbonyl (C=O) groups is 3. The number of carbonyl (C=O) groups excluding carboxylic acids is 3. The maximum absolute atomic E-state index is 14.7. The number of amides is 3.